The number of H-pyrrole nitrogens is 1. The van der Waals surface area contributed by atoms with Crippen LogP contribution in [0.1, 0.15) is 13.3 Å². The normalized spacial score (nSPS) is 12.3. The minimum Gasteiger partial charge on any atom is -0.394 e. The first-order valence-electron chi connectivity index (χ1n) is 8.18. The Hall–Kier alpha value is -2.60. The van der Waals surface area contributed by atoms with Gasteiger partial charge in [-0.1, -0.05) is 28.7 Å². The molecule has 1 unspecified atom stereocenters. The lowest BCUT2D eigenvalue weighted by atomic mass is 10.1. The van der Waals surface area contributed by atoms with Gasteiger partial charge < -0.3 is 15.3 Å². The molecule has 2 heterocycles. The van der Waals surface area contributed by atoms with E-state index in [1.807, 2.05) is 49.9 Å². The van der Waals surface area contributed by atoms with Crippen molar-refractivity contribution in [2.75, 3.05) is 30.9 Å². The highest BCUT2D eigenvalue weighted by molar-refractivity contribution is 5.66. The number of rotatable bonds is 6. The average Bonchev–Trinajstić information content (AvgIpc) is 3.03. The number of aromatic amines is 1. The van der Waals surface area contributed by atoms with Gasteiger partial charge >= 0.3 is 5.65 Å². The van der Waals surface area contributed by atoms with Crippen LogP contribution in [-0.4, -0.2) is 41.5 Å². The minimum absolute atomic E-state index is 0.00927. The summed E-state index contributed by atoms with van der Waals surface area (Å²) in [6, 6.07) is 12.3. The largest absolute Gasteiger partial charge is 0.394 e. The first-order chi connectivity index (χ1) is 11.6. The molecule has 1 aromatic carbocycles. The highest BCUT2D eigenvalue weighted by Crippen LogP contribution is 2.23. The Morgan fingerprint density at radius 2 is 2.12 bits per heavy atom. The lowest BCUT2D eigenvalue weighted by molar-refractivity contribution is -0.343. The molecule has 0 aliphatic carbocycles. The van der Waals surface area contributed by atoms with Crippen LogP contribution in [0.15, 0.2) is 42.6 Å². The maximum Gasteiger partial charge on any atom is 0.305 e. The van der Waals surface area contributed by atoms with Crippen LogP contribution >= 0.6 is 0 Å². The number of aliphatic hydroxyl groups is 1. The fraction of sp³-hybridized carbons (Fsp3) is 0.333. The monoisotopic (exact) mass is 326 g/mol. The van der Waals surface area contributed by atoms with Gasteiger partial charge in [0.1, 0.15) is 6.20 Å². The van der Waals surface area contributed by atoms with Crippen molar-refractivity contribution in [2.45, 2.75) is 19.4 Å². The predicted molar refractivity (Wildman–Crippen MR) is 96.3 cm³/mol. The van der Waals surface area contributed by atoms with Gasteiger partial charge in [0.15, 0.2) is 5.82 Å². The van der Waals surface area contributed by atoms with Crippen LogP contribution in [0.4, 0.5) is 11.5 Å². The molecule has 6 nitrogen and oxygen atoms in total. The third-order valence-corrected chi connectivity index (χ3v) is 4.14. The fourth-order valence-electron chi connectivity index (χ4n) is 2.63. The molecule has 24 heavy (non-hydrogen) atoms. The van der Waals surface area contributed by atoms with E-state index < -0.39 is 0 Å². The second kappa shape index (κ2) is 6.88. The summed E-state index contributed by atoms with van der Waals surface area (Å²) in [5.74, 6) is 0.748. The topological polar surface area (TPSA) is 66.9 Å². The first kappa shape index (κ1) is 16.3. The van der Waals surface area contributed by atoms with E-state index in [0.717, 1.165) is 34.8 Å². The van der Waals surface area contributed by atoms with E-state index in [1.165, 1.54) is 0 Å². The zero-order valence-electron chi connectivity index (χ0n) is 14.3. The van der Waals surface area contributed by atoms with Crippen LogP contribution in [0.25, 0.3) is 16.9 Å². The minimum atomic E-state index is 0.00927. The Morgan fingerprint density at radius 3 is 2.83 bits per heavy atom. The van der Waals surface area contributed by atoms with Crippen molar-refractivity contribution < 1.29 is 10.1 Å². The van der Waals surface area contributed by atoms with Crippen molar-refractivity contribution in [2.24, 2.45) is 0 Å². The van der Waals surface area contributed by atoms with Gasteiger partial charge in [-0.3, -0.25) is 0 Å². The Bertz CT molecular complexity index is 823. The standard InChI is InChI=1S/C18H23N5O/c1-4-14(12-24)20-17-8-9-18-19-11-16(23(18)21-17)13-6-5-7-15(10-13)22(2)3/h5-11,14,24H,4,12H2,1-3H3,(H,20,21)/p+1. The molecule has 0 saturated carbocycles. The molecule has 3 rings (SSSR count). The van der Waals surface area contributed by atoms with Crippen LogP contribution in [0.2, 0.25) is 0 Å². The quantitative estimate of drug-likeness (QED) is 0.728. The van der Waals surface area contributed by atoms with Crippen molar-refractivity contribution in [3.05, 3.63) is 42.6 Å². The van der Waals surface area contributed by atoms with Crippen LogP contribution in [0.3, 0.4) is 0 Å². The number of nitrogens with one attached hydrogen (secondary N) is 2. The zero-order chi connectivity index (χ0) is 17.1. The number of benzene rings is 1. The van der Waals surface area contributed by atoms with Crippen molar-refractivity contribution >= 4 is 17.2 Å². The molecular formula is C18H24N5O+. The number of hydrogen-bond acceptors (Lipinski definition) is 4. The Morgan fingerprint density at radius 1 is 1.29 bits per heavy atom. The molecule has 0 aliphatic rings. The van der Waals surface area contributed by atoms with Gasteiger partial charge in [-0.25, -0.2) is 4.98 Å². The SMILES string of the molecule is CCC(CO)Nc1ccc2[nH+]cc(-c3cccc(N(C)C)c3)n2n1. The number of imidazole rings is 1. The van der Waals surface area contributed by atoms with Crippen LogP contribution in [0, 0.1) is 0 Å². The van der Waals surface area contributed by atoms with E-state index >= 15 is 0 Å². The Kier molecular flexibility index (Phi) is 4.66. The van der Waals surface area contributed by atoms with E-state index in [9.17, 15) is 5.11 Å². The third kappa shape index (κ3) is 3.19. The highest BCUT2D eigenvalue weighted by Gasteiger charge is 2.16. The Balaban J connectivity index is 2.01. The second-order valence-electron chi connectivity index (χ2n) is 6.07. The molecule has 0 aliphatic heterocycles. The van der Waals surface area contributed by atoms with Crippen LogP contribution in [0.5, 0.6) is 0 Å². The zero-order valence-corrected chi connectivity index (χ0v) is 14.3. The van der Waals surface area contributed by atoms with Crippen LogP contribution < -0.4 is 15.2 Å². The fourth-order valence-corrected chi connectivity index (χ4v) is 2.63. The summed E-state index contributed by atoms with van der Waals surface area (Å²) in [4.78, 5) is 5.33. The van der Waals surface area contributed by atoms with Crippen molar-refractivity contribution in [3.63, 3.8) is 0 Å². The van der Waals surface area contributed by atoms with Gasteiger partial charge in [0.25, 0.3) is 0 Å². The summed E-state index contributed by atoms with van der Waals surface area (Å²) in [5.41, 5.74) is 4.15. The number of hydrogen-bond donors (Lipinski definition) is 2. The molecule has 0 amide bonds. The number of fused-ring (bicyclic) bond motifs is 1. The van der Waals surface area contributed by atoms with Crippen molar-refractivity contribution in [1.82, 2.24) is 9.61 Å². The molecule has 126 valence electrons. The molecule has 0 fully saturated rings. The number of aliphatic hydroxyl groups excluding tert-OH is 1. The number of nitrogens with zero attached hydrogens (tertiary/aromatic N) is 3. The van der Waals surface area contributed by atoms with Gasteiger partial charge in [0.05, 0.1) is 12.6 Å². The summed E-state index contributed by atoms with van der Waals surface area (Å²) in [5, 5.41) is 17.3. The molecule has 0 saturated heterocycles. The van der Waals surface area contributed by atoms with Gasteiger partial charge in [0.2, 0.25) is 5.69 Å². The second-order valence-corrected chi connectivity index (χ2v) is 6.07. The van der Waals surface area contributed by atoms with E-state index in [2.05, 4.69) is 38.5 Å². The van der Waals surface area contributed by atoms with Crippen molar-refractivity contribution in [3.8, 4) is 11.3 Å². The summed E-state index contributed by atoms with van der Waals surface area (Å²) in [6.45, 7) is 2.12. The molecule has 2 aromatic heterocycles. The van der Waals surface area contributed by atoms with Crippen molar-refractivity contribution in [1.29, 1.82) is 0 Å². The Labute approximate surface area is 141 Å². The molecule has 0 radical (unpaired) electrons. The number of anilines is 2. The lowest BCUT2D eigenvalue weighted by Crippen LogP contribution is -2.23. The summed E-state index contributed by atoms with van der Waals surface area (Å²) >= 11 is 0. The third-order valence-electron chi connectivity index (χ3n) is 4.14. The maximum atomic E-state index is 9.37. The van der Waals surface area contributed by atoms with E-state index in [-0.39, 0.29) is 12.6 Å². The van der Waals surface area contributed by atoms with Gasteiger partial charge in [-0.05, 0) is 24.6 Å². The van der Waals surface area contributed by atoms with E-state index in [1.54, 1.807) is 0 Å². The molecule has 3 aromatic rings. The number of aromatic nitrogens is 3. The summed E-state index contributed by atoms with van der Waals surface area (Å²) < 4.78 is 1.89. The maximum absolute atomic E-state index is 9.37. The smallest absolute Gasteiger partial charge is 0.305 e. The summed E-state index contributed by atoms with van der Waals surface area (Å²) in [6.07, 6.45) is 2.80. The average molecular weight is 326 g/mol. The first-order valence-corrected chi connectivity index (χ1v) is 8.18. The van der Waals surface area contributed by atoms with Gasteiger partial charge in [-0.15, -0.1) is 0 Å². The predicted octanol–water partition coefficient (Wildman–Crippen LogP) is 2.06. The van der Waals surface area contributed by atoms with Gasteiger partial charge in [-0.2, -0.15) is 0 Å². The van der Waals surface area contributed by atoms with E-state index in [4.69, 9.17) is 0 Å². The molecule has 0 bridgehead atoms. The van der Waals surface area contributed by atoms with Crippen LogP contribution in [-0.2, 0) is 0 Å². The van der Waals surface area contributed by atoms with Gasteiger partial charge in [0, 0.05) is 31.4 Å². The molecule has 6 heteroatoms. The molecular weight excluding hydrogens is 302 g/mol. The lowest BCUT2D eigenvalue weighted by Gasteiger charge is -2.13. The molecule has 3 N–H and O–H groups in total. The van der Waals surface area contributed by atoms with E-state index in [0.29, 0.717) is 0 Å². The molecule has 0 spiro atoms. The summed E-state index contributed by atoms with van der Waals surface area (Å²) in [7, 11) is 4.06. The highest BCUT2D eigenvalue weighted by atomic mass is 16.3. The molecule has 1 atom stereocenters.